The van der Waals surface area contributed by atoms with Crippen LogP contribution in [0.5, 0.6) is 5.75 Å². The molecule has 1 aliphatic heterocycles. The molecule has 0 atom stereocenters. The van der Waals surface area contributed by atoms with E-state index in [1.54, 1.807) is 0 Å². The molecule has 1 aliphatic rings. The van der Waals surface area contributed by atoms with E-state index in [0.717, 1.165) is 12.8 Å². The molecular weight excluding hydrogens is 373 g/mol. The lowest BCUT2D eigenvalue weighted by molar-refractivity contribution is 0.0450. The summed E-state index contributed by atoms with van der Waals surface area (Å²) in [6, 6.07) is 11.3. The molecular formula is C19H20FNO5S. The second-order valence-corrected chi connectivity index (χ2v) is 8.02. The maximum absolute atomic E-state index is 12.8. The first-order valence-electron chi connectivity index (χ1n) is 8.62. The van der Waals surface area contributed by atoms with Crippen LogP contribution in [-0.4, -0.2) is 45.0 Å². The second kappa shape index (κ2) is 8.49. The summed E-state index contributed by atoms with van der Waals surface area (Å²) in [5, 5.41) is 0. The van der Waals surface area contributed by atoms with Crippen LogP contribution in [0.4, 0.5) is 4.39 Å². The average Bonchev–Trinajstić information content (AvgIpc) is 3.22. The third-order valence-electron chi connectivity index (χ3n) is 4.17. The fraction of sp³-hybridized carbons (Fsp3) is 0.316. The van der Waals surface area contributed by atoms with E-state index in [-0.39, 0.29) is 29.5 Å². The van der Waals surface area contributed by atoms with E-state index < -0.39 is 16.0 Å². The number of hydrogen-bond donors (Lipinski definition) is 0. The molecule has 0 saturated carbocycles. The molecule has 0 bridgehead atoms. The van der Waals surface area contributed by atoms with E-state index >= 15 is 0 Å². The molecule has 2 aromatic rings. The Bertz CT molecular complexity index is 893. The van der Waals surface area contributed by atoms with Gasteiger partial charge >= 0.3 is 5.97 Å². The van der Waals surface area contributed by atoms with Crippen molar-refractivity contribution in [2.75, 3.05) is 26.3 Å². The number of ether oxygens (including phenoxy) is 2. The molecule has 3 rings (SSSR count). The smallest absolute Gasteiger partial charge is 0.338 e. The van der Waals surface area contributed by atoms with Crippen molar-refractivity contribution in [1.29, 1.82) is 0 Å². The summed E-state index contributed by atoms with van der Waals surface area (Å²) in [5.41, 5.74) is 0.164. The molecule has 1 fully saturated rings. The highest BCUT2D eigenvalue weighted by molar-refractivity contribution is 7.89. The minimum atomic E-state index is -3.59. The van der Waals surface area contributed by atoms with Gasteiger partial charge in [-0.25, -0.2) is 17.6 Å². The summed E-state index contributed by atoms with van der Waals surface area (Å²) >= 11 is 0. The van der Waals surface area contributed by atoms with Crippen molar-refractivity contribution in [1.82, 2.24) is 4.31 Å². The van der Waals surface area contributed by atoms with Gasteiger partial charge in [0.05, 0.1) is 10.5 Å². The lowest BCUT2D eigenvalue weighted by atomic mass is 10.2. The molecule has 0 radical (unpaired) electrons. The highest BCUT2D eigenvalue weighted by atomic mass is 32.2. The van der Waals surface area contributed by atoms with Gasteiger partial charge in [0.25, 0.3) is 0 Å². The van der Waals surface area contributed by atoms with Crippen LogP contribution < -0.4 is 4.74 Å². The van der Waals surface area contributed by atoms with E-state index in [1.165, 1.54) is 52.8 Å². The van der Waals surface area contributed by atoms with Crippen molar-refractivity contribution < 1.29 is 27.1 Å². The van der Waals surface area contributed by atoms with Crippen molar-refractivity contribution in [3.63, 3.8) is 0 Å². The van der Waals surface area contributed by atoms with Crippen LogP contribution in [0.2, 0.25) is 0 Å². The van der Waals surface area contributed by atoms with Gasteiger partial charge in [0, 0.05) is 13.1 Å². The Labute approximate surface area is 157 Å². The highest BCUT2D eigenvalue weighted by Crippen LogP contribution is 2.21. The van der Waals surface area contributed by atoms with Gasteiger partial charge in [0.1, 0.15) is 24.8 Å². The van der Waals surface area contributed by atoms with Gasteiger partial charge in [-0.05, 0) is 55.3 Å². The first-order valence-corrected chi connectivity index (χ1v) is 10.1. The monoisotopic (exact) mass is 393 g/mol. The second-order valence-electron chi connectivity index (χ2n) is 6.08. The Balaban J connectivity index is 1.56. The van der Waals surface area contributed by atoms with Crippen LogP contribution in [0.3, 0.4) is 0 Å². The standard InChI is InChI=1S/C19H20FNO5S/c20-16-6-8-17(9-7-16)25-12-13-26-19(22)15-4-3-5-18(14-15)27(23,24)21-10-1-2-11-21/h3-9,14H,1-2,10-13H2. The van der Waals surface area contributed by atoms with Gasteiger partial charge in [0.2, 0.25) is 10.0 Å². The fourth-order valence-electron chi connectivity index (χ4n) is 2.77. The average molecular weight is 393 g/mol. The molecule has 144 valence electrons. The van der Waals surface area contributed by atoms with Crippen LogP contribution in [0.25, 0.3) is 0 Å². The van der Waals surface area contributed by atoms with Crippen molar-refractivity contribution >= 4 is 16.0 Å². The summed E-state index contributed by atoms with van der Waals surface area (Å²) in [5.74, 6) is -0.528. The van der Waals surface area contributed by atoms with Gasteiger partial charge < -0.3 is 9.47 Å². The van der Waals surface area contributed by atoms with Crippen molar-refractivity contribution in [3.8, 4) is 5.75 Å². The Morgan fingerprint density at radius 3 is 2.44 bits per heavy atom. The quantitative estimate of drug-likeness (QED) is 0.534. The molecule has 27 heavy (non-hydrogen) atoms. The number of esters is 1. The topological polar surface area (TPSA) is 72.9 Å². The molecule has 8 heteroatoms. The maximum Gasteiger partial charge on any atom is 0.338 e. The summed E-state index contributed by atoms with van der Waals surface area (Å²) in [4.78, 5) is 12.2. The van der Waals surface area contributed by atoms with Crippen LogP contribution in [-0.2, 0) is 14.8 Å². The van der Waals surface area contributed by atoms with Crippen molar-refractivity contribution in [2.24, 2.45) is 0 Å². The zero-order chi connectivity index (χ0) is 19.3. The molecule has 0 amide bonds. The molecule has 0 spiro atoms. The molecule has 0 unspecified atom stereocenters. The van der Waals surface area contributed by atoms with Crippen LogP contribution >= 0.6 is 0 Å². The fourth-order valence-corrected chi connectivity index (χ4v) is 4.33. The lowest BCUT2D eigenvalue weighted by Crippen LogP contribution is -2.28. The van der Waals surface area contributed by atoms with E-state index in [9.17, 15) is 17.6 Å². The normalized spacial score (nSPS) is 14.9. The summed E-state index contributed by atoms with van der Waals surface area (Å²) in [6.45, 7) is 1.08. The third-order valence-corrected chi connectivity index (χ3v) is 6.07. The number of hydrogen-bond acceptors (Lipinski definition) is 5. The van der Waals surface area contributed by atoms with E-state index in [1.807, 2.05) is 0 Å². The maximum atomic E-state index is 12.8. The predicted molar refractivity (Wildman–Crippen MR) is 96.6 cm³/mol. The molecule has 1 heterocycles. The van der Waals surface area contributed by atoms with Gasteiger partial charge in [-0.2, -0.15) is 4.31 Å². The van der Waals surface area contributed by atoms with Crippen LogP contribution in [0.15, 0.2) is 53.4 Å². The first kappa shape index (κ1) is 19.3. The van der Waals surface area contributed by atoms with Crippen molar-refractivity contribution in [3.05, 3.63) is 59.9 Å². The molecule has 6 nitrogen and oxygen atoms in total. The minimum Gasteiger partial charge on any atom is -0.490 e. The number of halogens is 1. The summed E-state index contributed by atoms with van der Waals surface area (Å²) < 4.78 is 49.9. The van der Waals surface area contributed by atoms with E-state index in [4.69, 9.17) is 9.47 Å². The number of benzene rings is 2. The summed E-state index contributed by atoms with van der Waals surface area (Å²) in [6.07, 6.45) is 1.68. The molecule has 0 aromatic heterocycles. The van der Waals surface area contributed by atoms with Gasteiger partial charge in [-0.3, -0.25) is 0 Å². The number of rotatable bonds is 7. The molecule has 1 saturated heterocycles. The molecule has 2 aromatic carbocycles. The zero-order valence-corrected chi connectivity index (χ0v) is 15.5. The van der Waals surface area contributed by atoms with Crippen molar-refractivity contribution in [2.45, 2.75) is 17.7 Å². The first-order chi connectivity index (χ1) is 13.0. The van der Waals surface area contributed by atoms with Gasteiger partial charge in [0.15, 0.2) is 0 Å². The van der Waals surface area contributed by atoms with Gasteiger partial charge in [-0.15, -0.1) is 0 Å². The summed E-state index contributed by atoms with van der Waals surface area (Å²) in [7, 11) is -3.59. The number of carbonyl (C=O) groups excluding carboxylic acids is 1. The van der Waals surface area contributed by atoms with Crippen LogP contribution in [0.1, 0.15) is 23.2 Å². The highest BCUT2D eigenvalue weighted by Gasteiger charge is 2.27. The molecule has 0 N–H and O–H groups in total. The number of sulfonamides is 1. The Hall–Kier alpha value is -2.45. The molecule has 0 aliphatic carbocycles. The SMILES string of the molecule is O=C(OCCOc1ccc(F)cc1)c1cccc(S(=O)(=O)N2CCCC2)c1. The van der Waals surface area contributed by atoms with Gasteiger partial charge in [-0.1, -0.05) is 6.07 Å². The minimum absolute atomic E-state index is 0.0146. The Kier molecular flexibility index (Phi) is 6.08. The lowest BCUT2D eigenvalue weighted by Gasteiger charge is -2.15. The largest absolute Gasteiger partial charge is 0.490 e. The van der Waals surface area contributed by atoms with E-state index in [0.29, 0.717) is 18.8 Å². The van der Waals surface area contributed by atoms with Crippen LogP contribution in [0, 0.1) is 5.82 Å². The zero-order valence-electron chi connectivity index (χ0n) is 14.6. The number of carbonyl (C=O) groups is 1. The number of nitrogens with zero attached hydrogens (tertiary/aromatic N) is 1. The third kappa shape index (κ3) is 4.84. The Morgan fingerprint density at radius 1 is 1.04 bits per heavy atom. The predicted octanol–water partition coefficient (Wildman–Crippen LogP) is 2.85. The van der Waals surface area contributed by atoms with E-state index in [2.05, 4.69) is 0 Å². The Morgan fingerprint density at radius 2 is 1.74 bits per heavy atom.